The van der Waals surface area contributed by atoms with Crippen molar-refractivity contribution < 1.29 is 33.3 Å². The minimum atomic E-state index is -0.655. The maximum Gasteiger partial charge on any atom is 0.343 e. The van der Waals surface area contributed by atoms with Gasteiger partial charge in [0.2, 0.25) is 5.75 Å². The highest BCUT2D eigenvalue weighted by Crippen LogP contribution is 2.47. The van der Waals surface area contributed by atoms with E-state index in [-0.39, 0.29) is 29.4 Å². The van der Waals surface area contributed by atoms with E-state index >= 15 is 0 Å². The number of primary amides is 1. The second kappa shape index (κ2) is 10.5. The van der Waals surface area contributed by atoms with Crippen LogP contribution in [0.3, 0.4) is 0 Å². The van der Waals surface area contributed by atoms with E-state index in [0.29, 0.717) is 16.1 Å². The van der Waals surface area contributed by atoms with Gasteiger partial charge in [0, 0.05) is 11.5 Å². The number of hydrogen-bond acceptors (Lipinski definition) is 9. The molecule has 2 N–H and O–H groups in total. The summed E-state index contributed by atoms with van der Waals surface area (Å²) < 4.78 is 27.3. The molecule has 0 unspecified atom stereocenters. The first-order chi connectivity index (χ1) is 15.0. The first-order valence-corrected chi connectivity index (χ1v) is 11.4. The molecule has 1 amide bonds. The fraction of sp³-hybridized carbons (Fsp3) is 0.333. The molecule has 8 nitrogen and oxygen atoms in total. The number of nitrogens with two attached hydrogens (primary N) is 1. The summed E-state index contributed by atoms with van der Waals surface area (Å²) in [5.41, 5.74) is 6.42. The van der Waals surface area contributed by atoms with Crippen molar-refractivity contribution in [2.24, 2.45) is 5.73 Å². The zero-order chi connectivity index (χ0) is 22.4. The smallest absolute Gasteiger partial charge is 0.343 e. The topological polar surface area (TPSA) is 106 Å². The number of ether oxygens (including phenoxy) is 5. The predicted molar refractivity (Wildman–Crippen MR) is 120 cm³/mol. The van der Waals surface area contributed by atoms with Crippen LogP contribution >= 0.6 is 23.5 Å². The molecular weight excluding hydrogens is 442 g/mol. The molecule has 0 bridgehead atoms. The van der Waals surface area contributed by atoms with Gasteiger partial charge in [-0.1, -0.05) is 6.07 Å². The van der Waals surface area contributed by atoms with Crippen LogP contribution in [0.2, 0.25) is 0 Å². The number of thioether (sulfide) groups is 2. The molecule has 0 radical (unpaired) electrons. The largest absolute Gasteiger partial charge is 0.493 e. The summed E-state index contributed by atoms with van der Waals surface area (Å²) in [6, 6.07) is 8.43. The molecule has 0 spiro atoms. The number of rotatable bonds is 9. The van der Waals surface area contributed by atoms with Gasteiger partial charge in [-0.25, -0.2) is 4.79 Å². The third-order valence-electron chi connectivity index (χ3n) is 4.34. The number of amides is 1. The molecule has 1 saturated heterocycles. The summed E-state index contributed by atoms with van der Waals surface area (Å²) in [7, 11) is 4.34. The number of esters is 1. The third kappa shape index (κ3) is 5.50. The van der Waals surface area contributed by atoms with Gasteiger partial charge >= 0.3 is 5.97 Å². The van der Waals surface area contributed by atoms with E-state index < -0.39 is 11.9 Å². The highest BCUT2D eigenvalue weighted by molar-refractivity contribution is 8.19. The fourth-order valence-electron chi connectivity index (χ4n) is 2.91. The van der Waals surface area contributed by atoms with Gasteiger partial charge in [0.25, 0.3) is 5.91 Å². The van der Waals surface area contributed by atoms with Crippen molar-refractivity contribution in [1.82, 2.24) is 0 Å². The first-order valence-electron chi connectivity index (χ1n) is 9.27. The van der Waals surface area contributed by atoms with Gasteiger partial charge in [-0.2, -0.15) is 0 Å². The average Bonchev–Trinajstić information content (AvgIpc) is 3.32. The molecule has 0 aliphatic carbocycles. The minimum absolute atomic E-state index is 0.161. The molecular formula is C21H23NO7S2. The zero-order valence-electron chi connectivity index (χ0n) is 17.3. The fourth-order valence-corrected chi connectivity index (χ4v) is 5.75. The van der Waals surface area contributed by atoms with Crippen LogP contribution in [0.5, 0.6) is 28.7 Å². The van der Waals surface area contributed by atoms with Gasteiger partial charge in [-0.05, 0) is 29.8 Å². The Morgan fingerprint density at radius 2 is 1.55 bits per heavy atom. The Kier molecular flexibility index (Phi) is 7.80. The van der Waals surface area contributed by atoms with Gasteiger partial charge in [0.05, 0.1) is 31.5 Å². The third-order valence-corrected chi connectivity index (χ3v) is 7.44. The van der Waals surface area contributed by atoms with Gasteiger partial charge in [-0.3, -0.25) is 4.79 Å². The molecule has 0 atom stereocenters. The van der Waals surface area contributed by atoms with E-state index in [4.69, 9.17) is 29.4 Å². The van der Waals surface area contributed by atoms with Gasteiger partial charge in [0.15, 0.2) is 29.6 Å². The van der Waals surface area contributed by atoms with Crippen LogP contribution in [0.4, 0.5) is 0 Å². The number of hydrogen-bond donors (Lipinski definition) is 1. The number of carbonyl (C=O) groups is 2. The SMILES string of the molecule is COc1cc(C2SCCS2)ccc1OC(=O)c1cc(OC)c(OCC(N)=O)c(OC)c1. The molecule has 2 aromatic carbocycles. The number of carbonyl (C=O) groups excluding carboxylic acids is 2. The van der Waals surface area contributed by atoms with Crippen LogP contribution < -0.4 is 29.4 Å². The number of methoxy groups -OCH3 is 3. The Balaban J connectivity index is 1.84. The standard InChI is InChI=1S/C21H23NO7S2/c1-25-15-8-12(21-30-6-7-31-21)4-5-14(15)29-20(24)13-9-16(26-2)19(17(10-13)27-3)28-11-18(22)23/h4-5,8-10,21H,6-7,11H2,1-3H3,(H2,22,23). The van der Waals surface area contributed by atoms with E-state index in [2.05, 4.69) is 0 Å². The molecule has 31 heavy (non-hydrogen) atoms. The highest BCUT2D eigenvalue weighted by Gasteiger charge is 2.23. The quantitative estimate of drug-likeness (QED) is 0.441. The zero-order valence-corrected chi connectivity index (χ0v) is 19.0. The lowest BCUT2D eigenvalue weighted by Crippen LogP contribution is -2.20. The Morgan fingerprint density at radius 1 is 0.935 bits per heavy atom. The summed E-state index contributed by atoms with van der Waals surface area (Å²) in [6.45, 7) is -0.363. The van der Waals surface area contributed by atoms with Crippen LogP contribution in [0.15, 0.2) is 30.3 Å². The molecule has 2 aromatic rings. The van der Waals surface area contributed by atoms with E-state index in [0.717, 1.165) is 17.1 Å². The van der Waals surface area contributed by atoms with Crippen LogP contribution in [-0.4, -0.2) is 51.3 Å². The van der Waals surface area contributed by atoms with E-state index in [1.807, 2.05) is 35.7 Å². The Hall–Kier alpha value is -2.72. The molecule has 0 aromatic heterocycles. The summed E-state index contributed by atoms with van der Waals surface area (Å²) in [5.74, 6) is 2.26. The second-order valence-corrected chi connectivity index (χ2v) is 9.06. The monoisotopic (exact) mass is 465 g/mol. The van der Waals surface area contributed by atoms with Crippen LogP contribution in [0, 0.1) is 0 Å². The van der Waals surface area contributed by atoms with Gasteiger partial charge in [0.1, 0.15) is 0 Å². The summed E-state index contributed by atoms with van der Waals surface area (Å²) in [6.07, 6.45) is 0. The number of benzene rings is 2. The van der Waals surface area contributed by atoms with E-state index in [9.17, 15) is 9.59 Å². The van der Waals surface area contributed by atoms with Crippen molar-refractivity contribution in [2.45, 2.75) is 4.58 Å². The maximum atomic E-state index is 12.8. The lowest BCUT2D eigenvalue weighted by molar-refractivity contribution is -0.120. The highest BCUT2D eigenvalue weighted by atomic mass is 32.2. The summed E-state index contributed by atoms with van der Waals surface area (Å²) in [4.78, 5) is 23.9. The van der Waals surface area contributed by atoms with E-state index in [1.54, 1.807) is 6.07 Å². The van der Waals surface area contributed by atoms with E-state index in [1.165, 1.54) is 33.5 Å². The van der Waals surface area contributed by atoms with Gasteiger partial charge < -0.3 is 29.4 Å². The predicted octanol–water partition coefficient (Wildman–Crippen LogP) is 3.27. The molecule has 3 rings (SSSR count). The molecule has 1 aliphatic heterocycles. The van der Waals surface area contributed by atoms with Crippen molar-refractivity contribution in [2.75, 3.05) is 39.4 Å². The second-order valence-electron chi connectivity index (χ2n) is 6.34. The van der Waals surface area contributed by atoms with Crippen molar-refractivity contribution >= 4 is 35.4 Å². The average molecular weight is 466 g/mol. The van der Waals surface area contributed by atoms with Crippen molar-refractivity contribution in [3.05, 3.63) is 41.5 Å². The molecule has 1 fully saturated rings. The van der Waals surface area contributed by atoms with Crippen LogP contribution in [0.25, 0.3) is 0 Å². The maximum absolute atomic E-state index is 12.8. The summed E-state index contributed by atoms with van der Waals surface area (Å²) in [5, 5.41) is 0. The molecule has 1 aliphatic rings. The first kappa shape index (κ1) is 23.0. The summed E-state index contributed by atoms with van der Waals surface area (Å²) >= 11 is 3.76. The molecule has 166 valence electrons. The van der Waals surface area contributed by atoms with Crippen molar-refractivity contribution in [3.8, 4) is 28.7 Å². The lowest BCUT2D eigenvalue weighted by Gasteiger charge is -2.16. The minimum Gasteiger partial charge on any atom is -0.493 e. The Labute approximate surface area is 188 Å². The van der Waals surface area contributed by atoms with Crippen molar-refractivity contribution in [1.29, 1.82) is 0 Å². The molecule has 0 saturated carbocycles. The van der Waals surface area contributed by atoms with Crippen LogP contribution in [0.1, 0.15) is 20.5 Å². The lowest BCUT2D eigenvalue weighted by atomic mass is 10.1. The Morgan fingerprint density at radius 3 is 2.10 bits per heavy atom. The molecule has 10 heteroatoms. The van der Waals surface area contributed by atoms with Gasteiger partial charge in [-0.15, -0.1) is 23.5 Å². The normalized spacial score (nSPS) is 13.5. The van der Waals surface area contributed by atoms with Crippen molar-refractivity contribution in [3.63, 3.8) is 0 Å². The Bertz CT molecular complexity index is 936. The van der Waals surface area contributed by atoms with Crippen LogP contribution in [-0.2, 0) is 4.79 Å². The molecule has 1 heterocycles.